The van der Waals surface area contributed by atoms with Crippen LogP contribution in [-0.4, -0.2) is 21.2 Å². The molecule has 1 rings (SSSR count). The van der Waals surface area contributed by atoms with E-state index in [9.17, 15) is 14.9 Å². The SMILES string of the molecule is CC(CC(=O)O)Sc1ccc(C#N)cc1[N+](=O)[O-]. The van der Waals surface area contributed by atoms with E-state index in [1.165, 1.54) is 18.2 Å². The van der Waals surface area contributed by atoms with Crippen molar-refractivity contribution in [3.8, 4) is 6.07 Å². The summed E-state index contributed by atoms with van der Waals surface area (Å²) in [6.07, 6.45) is -0.0815. The largest absolute Gasteiger partial charge is 0.481 e. The van der Waals surface area contributed by atoms with Gasteiger partial charge in [-0.05, 0) is 12.1 Å². The third kappa shape index (κ3) is 3.75. The van der Waals surface area contributed by atoms with E-state index in [0.717, 1.165) is 11.8 Å². The van der Waals surface area contributed by atoms with Gasteiger partial charge in [-0.3, -0.25) is 14.9 Å². The van der Waals surface area contributed by atoms with Crippen LogP contribution in [0.4, 0.5) is 5.69 Å². The number of nitriles is 1. The second kappa shape index (κ2) is 6.02. The van der Waals surface area contributed by atoms with E-state index in [4.69, 9.17) is 10.4 Å². The summed E-state index contributed by atoms with van der Waals surface area (Å²) in [5.74, 6) is -0.953. The zero-order chi connectivity index (χ0) is 13.7. The molecule has 6 nitrogen and oxygen atoms in total. The van der Waals surface area contributed by atoms with Crippen molar-refractivity contribution >= 4 is 23.4 Å². The van der Waals surface area contributed by atoms with Crippen molar-refractivity contribution in [2.24, 2.45) is 0 Å². The molecule has 0 heterocycles. The maximum Gasteiger partial charge on any atom is 0.304 e. The molecule has 0 aliphatic carbocycles. The highest BCUT2D eigenvalue weighted by atomic mass is 32.2. The Kier molecular flexibility index (Phi) is 4.68. The first-order valence-corrected chi connectivity index (χ1v) is 5.89. The fourth-order valence-corrected chi connectivity index (χ4v) is 2.39. The number of benzene rings is 1. The van der Waals surface area contributed by atoms with Gasteiger partial charge in [0.2, 0.25) is 0 Å². The third-order valence-corrected chi connectivity index (χ3v) is 3.24. The first-order chi connectivity index (χ1) is 8.43. The molecule has 1 unspecified atom stereocenters. The van der Waals surface area contributed by atoms with Gasteiger partial charge < -0.3 is 5.11 Å². The van der Waals surface area contributed by atoms with Gasteiger partial charge >= 0.3 is 5.97 Å². The number of nitrogens with zero attached hydrogens (tertiary/aromatic N) is 2. The quantitative estimate of drug-likeness (QED) is 0.498. The van der Waals surface area contributed by atoms with Crippen LogP contribution in [0.15, 0.2) is 23.1 Å². The van der Waals surface area contributed by atoms with Gasteiger partial charge in [-0.25, -0.2) is 0 Å². The molecule has 0 saturated carbocycles. The normalized spacial score (nSPS) is 11.6. The van der Waals surface area contributed by atoms with E-state index in [-0.39, 0.29) is 22.9 Å². The molecule has 1 atom stereocenters. The zero-order valence-corrected chi connectivity index (χ0v) is 10.3. The minimum atomic E-state index is -0.953. The number of nitro benzene ring substituents is 1. The Balaban J connectivity index is 2.98. The van der Waals surface area contributed by atoms with Gasteiger partial charge in [-0.1, -0.05) is 6.92 Å². The van der Waals surface area contributed by atoms with Crippen LogP contribution in [0.1, 0.15) is 18.9 Å². The molecule has 1 aromatic rings. The molecule has 0 aromatic heterocycles. The Morgan fingerprint density at radius 3 is 2.83 bits per heavy atom. The predicted molar refractivity (Wildman–Crippen MR) is 65.4 cm³/mol. The molecule has 18 heavy (non-hydrogen) atoms. The summed E-state index contributed by atoms with van der Waals surface area (Å²) in [7, 11) is 0. The van der Waals surface area contributed by atoms with Crippen LogP contribution in [0.5, 0.6) is 0 Å². The molecule has 0 aliphatic rings. The Morgan fingerprint density at radius 1 is 1.67 bits per heavy atom. The second-order valence-electron chi connectivity index (χ2n) is 3.58. The van der Waals surface area contributed by atoms with E-state index >= 15 is 0 Å². The summed E-state index contributed by atoms with van der Waals surface area (Å²) in [6.45, 7) is 1.68. The number of carbonyl (C=O) groups is 1. The minimum absolute atomic E-state index is 0.0815. The van der Waals surface area contributed by atoms with Crippen LogP contribution in [0, 0.1) is 21.4 Å². The minimum Gasteiger partial charge on any atom is -0.481 e. The number of aliphatic carboxylic acids is 1. The smallest absolute Gasteiger partial charge is 0.304 e. The Morgan fingerprint density at radius 2 is 2.33 bits per heavy atom. The monoisotopic (exact) mass is 266 g/mol. The average Bonchev–Trinajstić information content (AvgIpc) is 2.28. The molecule has 0 amide bonds. The first-order valence-electron chi connectivity index (χ1n) is 5.01. The molecule has 7 heteroatoms. The summed E-state index contributed by atoms with van der Waals surface area (Å²) >= 11 is 1.11. The molecule has 0 fully saturated rings. The lowest BCUT2D eigenvalue weighted by molar-refractivity contribution is -0.387. The van der Waals surface area contributed by atoms with Crippen LogP contribution in [0.3, 0.4) is 0 Å². The van der Waals surface area contributed by atoms with E-state index in [1.807, 2.05) is 6.07 Å². The molecule has 94 valence electrons. The fourth-order valence-electron chi connectivity index (χ4n) is 1.33. The van der Waals surface area contributed by atoms with Crippen molar-refractivity contribution < 1.29 is 14.8 Å². The lowest BCUT2D eigenvalue weighted by Crippen LogP contribution is -2.06. The van der Waals surface area contributed by atoms with Crippen LogP contribution in [0.25, 0.3) is 0 Å². The van der Waals surface area contributed by atoms with Gasteiger partial charge in [0.05, 0.1) is 27.9 Å². The average molecular weight is 266 g/mol. The lowest BCUT2D eigenvalue weighted by atomic mass is 10.2. The Hall–Kier alpha value is -2.07. The summed E-state index contributed by atoms with van der Waals surface area (Å²) in [5.41, 5.74) is 0.0354. The number of carboxylic acid groups (broad SMARTS) is 1. The van der Waals surface area contributed by atoms with E-state index in [0.29, 0.717) is 4.90 Å². The highest BCUT2D eigenvalue weighted by Gasteiger charge is 2.18. The van der Waals surface area contributed by atoms with Crippen molar-refractivity contribution in [1.29, 1.82) is 5.26 Å². The molecule has 0 aliphatic heterocycles. The highest BCUT2D eigenvalue weighted by Crippen LogP contribution is 2.33. The standard InChI is InChI=1S/C11H10N2O4S/c1-7(4-11(14)15)18-10-3-2-8(6-12)5-9(10)13(16)17/h2-3,5,7H,4H2,1H3,(H,14,15). The Labute approximate surface area is 107 Å². The van der Waals surface area contributed by atoms with Gasteiger partial charge in [0.15, 0.2) is 0 Å². The molecular weight excluding hydrogens is 256 g/mol. The predicted octanol–water partition coefficient (Wildman–Crippen LogP) is 2.42. The summed E-state index contributed by atoms with van der Waals surface area (Å²) < 4.78 is 0. The number of nitro groups is 1. The van der Waals surface area contributed by atoms with Crippen molar-refractivity contribution in [3.63, 3.8) is 0 Å². The van der Waals surface area contributed by atoms with E-state index in [2.05, 4.69) is 0 Å². The van der Waals surface area contributed by atoms with Gasteiger partial charge in [0.1, 0.15) is 0 Å². The van der Waals surface area contributed by atoms with Crippen LogP contribution < -0.4 is 0 Å². The number of hydrogen-bond donors (Lipinski definition) is 1. The molecule has 0 radical (unpaired) electrons. The molecule has 0 saturated heterocycles. The maximum atomic E-state index is 10.9. The van der Waals surface area contributed by atoms with Gasteiger partial charge in [-0.2, -0.15) is 5.26 Å². The summed E-state index contributed by atoms with van der Waals surface area (Å²) in [6, 6.07) is 5.96. The van der Waals surface area contributed by atoms with Crippen LogP contribution in [-0.2, 0) is 4.79 Å². The number of rotatable bonds is 5. The number of carboxylic acids is 1. The molecule has 0 bridgehead atoms. The molecular formula is C11H10N2O4S. The van der Waals surface area contributed by atoms with E-state index in [1.54, 1.807) is 6.92 Å². The van der Waals surface area contributed by atoms with Crippen LogP contribution in [0.2, 0.25) is 0 Å². The molecule has 1 N–H and O–H groups in total. The van der Waals surface area contributed by atoms with E-state index < -0.39 is 10.9 Å². The maximum absolute atomic E-state index is 10.9. The number of thioether (sulfide) groups is 1. The second-order valence-corrected chi connectivity index (χ2v) is 5.06. The topological polar surface area (TPSA) is 104 Å². The van der Waals surface area contributed by atoms with Crippen molar-refractivity contribution in [2.45, 2.75) is 23.5 Å². The molecule has 0 spiro atoms. The third-order valence-electron chi connectivity index (χ3n) is 2.07. The van der Waals surface area contributed by atoms with Crippen LogP contribution >= 0.6 is 11.8 Å². The molecule has 1 aromatic carbocycles. The summed E-state index contributed by atoms with van der Waals surface area (Å²) in [4.78, 5) is 21.2. The number of hydrogen-bond acceptors (Lipinski definition) is 5. The van der Waals surface area contributed by atoms with Gasteiger partial charge in [0, 0.05) is 11.3 Å². The van der Waals surface area contributed by atoms with Gasteiger partial charge in [0.25, 0.3) is 5.69 Å². The fraction of sp³-hybridized carbons (Fsp3) is 0.273. The zero-order valence-electron chi connectivity index (χ0n) is 9.49. The van der Waals surface area contributed by atoms with Gasteiger partial charge in [-0.15, -0.1) is 11.8 Å². The highest BCUT2D eigenvalue weighted by molar-refractivity contribution is 8.00. The van der Waals surface area contributed by atoms with Crippen molar-refractivity contribution in [2.75, 3.05) is 0 Å². The van der Waals surface area contributed by atoms with Crippen molar-refractivity contribution in [1.82, 2.24) is 0 Å². The summed E-state index contributed by atoms with van der Waals surface area (Å²) in [5, 5.41) is 27.9. The Bertz CT molecular complexity index is 524. The lowest BCUT2D eigenvalue weighted by Gasteiger charge is -2.08. The first kappa shape index (κ1) is 14.0. The van der Waals surface area contributed by atoms with Crippen molar-refractivity contribution in [3.05, 3.63) is 33.9 Å².